The highest BCUT2D eigenvalue weighted by Gasteiger charge is 2.22. The van der Waals surface area contributed by atoms with Crippen LogP contribution in [0, 0.1) is 0 Å². The van der Waals surface area contributed by atoms with E-state index in [0.717, 1.165) is 10.0 Å². The molecule has 4 nitrogen and oxygen atoms in total. The van der Waals surface area contributed by atoms with Crippen LogP contribution < -0.4 is 4.74 Å². The van der Waals surface area contributed by atoms with Crippen molar-refractivity contribution in [1.82, 2.24) is 4.90 Å². The molecule has 1 atom stereocenters. The first-order valence-corrected chi connectivity index (χ1v) is 6.54. The minimum absolute atomic E-state index is 0.0104. The maximum atomic E-state index is 11.7. The fraction of sp³-hybridized carbons (Fsp3) is 0.462. The number of methoxy groups -OCH3 is 1. The Bertz CT molecular complexity index is 423. The molecule has 1 aromatic carbocycles. The fourth-order valence-corrected chi connectivity index (χ4v) is 2.27. The van der Waals surface area contributed by atoms with E-state index in [-0.39, 0.29) is 18.6 Å². The molecule has 0 bridgehead atoms. The van der Waals surface area contributed by atoms with Crippen molar-refractivity contribution in [2.75, 3.05) is 20.8 Å². The average Bonchev–Trinajstić information content (AvgIpc) is 2.40. The summed E-state index contributed by atoms with van der Waals surface area (Å²) in [6.07, 6.45) is 0.411. The van der Waals surface area contributed by atoms with E-state index >= 15 is 0 Å². The van der Waals surface area contributed by atoms with Gasteiger partial charge in [-0.25, -0.2) is 0 Å². The highest BCUT2D eigenvalue weighted by Crippen LogP contribution is 2.30. The highest BCUT2D eigenvalue weighted by atomic mass is 79.9. The Morgan fingerprint density at radius 2 is 2.22 bits per heavy atom. The van der Waals surface area contributed by atoms with Gasteiger partial charge in [0.15, 0.2) is 0 Å². The van der Waals surface area contributed by atoms with Crippen LogP contribution >= 0.6 is 15.9 Å². The monoisotopic (exact) mass is 315 g/mol. The predicted molar refractivity (Wildman–Crippen MR) is 73.6 cm³/mol. The van der Waals surface area contributed by atoms with Gasteiger partial charge in [0.05, 0.1) is 19.8 Å². The number of benzene rings is 1. The van der Waals surface area contributed by atoms with Crippen molar-refractivity contribution in [3.8, 4) is 5.75 Å². The number of halogens is 1. The second kappa shape index (κ2) is 6.75. The second-order valence-corrected chi connectivity index (χ2v) is 4.80. The molecule has 0 unspecified atom stereocenters. The van der Waals surface area contributed by atoms with Crippen molar-refractivity contribution in [3.63, 3.8) is 0 Å². The number of carbonyl (C=O) groups excluding carboxylic acids is 1. The maximum Gasteiger partial charge on any atom is 0.222 e. The molecule has 1 amide bonds. The minimum atomic E-state index is -0.373. The molecule has 18 heavy (non-hydrogen) atoms. The molecule has 0 saturated heterocycles. The lowest BCUT2D eigenvalue weighted by Crippen LogP contribution is -2.32. The van der Waals surface area contributed by atoms with Crippen molar-refractivity contribution < 1.29 is 14.6 Å². The van der Waals surface area contributed by atoms with Crippen LogP contribution in [0.25, 0.3) is 0 Å². The van der Waals surface area contributed by atoms with E-state index in [0.29, 0.717) is 12.2 Å². The molecule has 0 aromatic heterocycles. The molecule has 0 fully saturated rings. The van der Waals surface area contributed by atoms with Crippen LogP contribution in [0.5, 0.6) is 5.75 Å². The van der Waals surface area contributed by atoms with Crippen LogP contribution in [0.2, 0.25) is 0 Å². The van der Waals surface area contributed by atoms with E-state index in [1.165, 1.54) is 0 Å². The Morgan fingerprint density at radius 1 is 1.56 bits per heavy atom. The van der Waals surface area contributed by atoms with E-state index in [1.54, 1.807) is 26.0 Å². The van der Waals surface area contributed by atoms with E-state index in [9.17, 15) is 9.90 Å². The summed E-state index contributed by atoms with van der Waals surface area (Å²) in [5.74, 6) is 0.688. The summed E-state index contributed by atoms with van der Waals surface area (Å²) in [6, 6.07) is 5.12. The molecule has 0 spiro atoms. The maximum absolute atomic E-state index is 11.7. The molecule has 0 heterocycles. The molecular formula is C13H18BrNO3. The quantitative estimate of drug-likeness (QED) is 0.907. The Kier molecular flexibility index (Phi) is 5.62. The molecule has 100 valence electrons. The number of hydrogen-bond acceptors (Lipinski definition) is 3. The van der Waals surface area contributed by atoms with Gasteiger partial charge < -0.3 is 14.7 Å². The van der Waals surface area contributed by atoms with Gasteiger partial charge in [0, 0.05) is 17.9 Å². The number of amides is 1. The van der Waals surface area contributed by atoms with Crippen molar-refractivity contribution >= 4 is 21.8 Å². The molecule has 5 heteroatoms. The lowest BCUT2D eigenvalue weighted by Gasteiger charge is -2.27. The fourth-order valence-electron chi connectivity index (χ4n) is 1.76. The Balaban J connectivity index is 3.11. The summed E-state index contributed by atoms with van der Waals surface area (Å²) >= 11 is 3.44. The zero-order valence-corrected chi connectivity index (χ0v) is 12.4. The Hall–Kier alpha value is -1.07. The van der Waals surface area contributed by atoms with Gasteiger partial charge in [0.1, 0.15) is 5.75 Å². The number of hydrogen-bond donors (Lipinski definition) is 1. The van der Waals surface area contributed by atoms with Crippen LogP contribution in [0.4, 0.5) is 0 Å². The number of ether oxygens (including phenoxy) is 1. The van der Waals surface area contributed by atoms with Crippen LogP contribution in [-0.2, 0) is 4.79 Å². The van der Waals surface area contributed by atoms with Gasteiger partial charge in [-0.05, 0) is 23.8 Å². The molecule has 0 aliphatic carbocycles. The normalized spacial score (nSPS) is 12.1. The van der Waals surface area contributed by atoms with Crippen LogP contribution in [-0.4, -0.2) is 36.7 Å². The molecule has 0 saturated carbocycles. The number of aliphatic hydroxyl groups excluding tert-OH is 1. The highest BCUT2D eigenvalue weighted by molar-refractivity contribution is 9.10. The van der Waals surface area contributed by atoms with Gasteiger partial charge in [0.25, 0.3) is 0 Å². The van der Waals surface area contributed by atoms with Crippen LogP contribution in [0.1, 0.15) is 24.9 Å². The first-order chi connectivity index (χ1) is 8.54. The van der Waals surface area contributed by atoms with Gasteiger partial charge in [0.2, 0.25) is 5.91 Å². The summed E-state index contributed by atoms with van der Waals surface area (Å²) in [5.41, 5.74) is 0.834. The minimum Gasteiger partial charge on any atom is -0.497 e. The molecule has 1 aromatic rings. The first-order valence-electron chi connectivity index (χ1n) is 5.75. The van der Waals surface area contributed by atoms with Gasteiger partial charge in [-0.15, -0.1) is 0 Å². The number of aliphatic hydroxyl groups is 1. The summed E-state index contributed by atoms with van der Waals surface area (Å²) in [4.78, 5) is 13.3. The van der Waals surface area contributed by atoms with Crippen molar-refractivity contribution in [2.24, 2.45) is 0 Å². The Labute approximate surface area is 116 Å². The van der Waals surface area contributed by atoms with E-state index in [2.05, 4.69) is 15.9 Å². The second-order valence-electron chi connectivity index (χ2n) is 3.94. The summed E-state index contributed by atoms with van der Waals surface area (Å²) in [5, 5.41) is 9.53. The number of carbonyl (C=O) groups is 1. The topological polar surface area (TPSA) is 49.8 Å². The van der Waals surface area contributed by atoms with E-state index < -0.39 is 0 Å². The zero-order chi connectivity index (χ0) is 13.7. The molecule has 0 aliphatic heterocycles. The summed E-state index contributed by atoms with van der Waals surface area (Å²) in [7, 11) is 3.28. The molecule has 0 radical (unpaired) electrons. The van der Waals surface area contributed by atoms with Crippen molar-refractivity contribution in [2.45, 2.75) is 19.4 Å². The number of nitrogens with zero attached hydrogens (tertiary/aromatic N) is 1. The van der Waals surface area contributed by atoms with Crippen LogP contribution in [0.3, 0.4) is 0 Å². The van der Waals surface area contributed by atoms with Crippen LogP contribution in [0.15, 0.2) is 22.7 Å². The van der Waals surface area contributed by atoms with Gasteiger partial charge in [-0.3, -0.25) is 4.79 Å². The largest absolute Gasteiger partial charge is 0.497 e. The van der Waals surface area contributed by atoms with Gasteiger partial charge in [-0.2, -0.15) is 0 Å². The lowest BCUT2D eigenvalue weighted by atomic mass is 10.1. The SMILES string of the molecule is CCC(=O)N(C)[C@@H](CO)c1cc(OC)ccc1Br. The first kappa shape index (κ1) is 15.0. The average molecular weight is 316 g/mol. The third-order valence-corrected chi connectivity index (χ3v) is 3.62. The number of likely N-dealkylation sites (N-methyl/N-ethyl adjacent to an activating group) is 1. The lowest BCUT2D eigenvalue weighted by molar-refractivity contribution is -0.132. The molecular weight excluding hydrogens is 298 g/mol. The summed E-state index contributed by atoms with van der Waals surface area (Å²) < 4.78 is 6.01. The van der Waals surface area contributed by atoms with Crippen molar-refractivity contribution in [3.05, 3.63) is 28.2 Å². The smallest absolute Gasteiger partial charge is 0.222 e. The number of rotatable bonds is 5. The predicted octanol–water partition coefficient (Wildman–Crippen LogP) is 2.36. The zero-order valence-electron chi connectivity index (χ0n) is 10.8. The Morgan fingerprint density at radius 3 is 2.72 bits per heavy atom. The van der Waals surface area contributed by atoms with E-state index in [1.807, 2.05) is 18.2 Å². The van der Waals surface area contributed by atoms with Gasteiger partial charge in [-0.1, -0.05) is 22.9 Å². The third kappa shape index (κ3) is 3.23. The molecule has 1 rings (SSSR count). The van der Waals surface area contributed by atoms with Crippen molar-refractivity contribution in [1.29, 1.82) is 0 Å². The molecule has 0 aliphatic rings. The standard InChI is InChI=1S/C13H18BrNO3/c1-4-13(17)15(2)12(8-16)10-7-9(18-3)5-6-11(10)14/h5-7,12,16H,4,8H2,1-3H3/t12-/m0/s1. The third-order valence-electron chi connectivity index (χ3n) is 2.90. The summed E-state index contributed by atoms with van der Waals surface area (Å²) in [6.45, 7) is 1.67. The van der Waals surface area contributed by atoms with Gasteiger partial charge >= 0.3 is 0 Å². The van der Waals surface area contributed by atoms with E-state index in [4.69, 9.17) is 4.74 Å². The molecule has 1 N–H and O–H groups in total.